The molecule has 1 unspecified atom stereocenters. The van der Waals surface area contributed by atoms with Crippen LogP contribution in [0, 0.1) is 0 Å². The van der Waals surface area contributed by atoms with Gasteiger partial charge in [0, 0.05) is 15.2 Å². The van der Waals surface area contributed by atoms with Crippen molar-refractivity contribution in [3.63, 3.8) is 0 Å². The molecule has 0 aromatic heterocycles. The van der Waals surface area contributed by atoms with Crippen LogP contribution < -0.4 is 15.6 Å². The Morgan fingerprint density at radius 3 is 1.85 bits per heavy atom. The van der Waals surface area contributed by atoms with Gasteiger partial charge in [-0.05, 0) is 83.0 Å². The minimum atomic E-state index is -2.21. The third-order valence-electron chi connectivity index (χ3n) is 10.6. The number of rotatable bonds is 3. The number of hydrogen-bond acceptors (Lipinski definition) is 1. The molecule has 1 heterocycles. The fraction of sp³-hybridized carbons (Fsp3) is 0.0909. The molecule has 0 radical (unpaired) electrons. The molecule has 1 atom stereocenters. The lowest BCUT2D eigenvalue weighted by Gasteiger charge is -2.37. The molecule has 0 bridgehead atoms. The molecule has 0 spiro atoms. The second kappa shape index (κ2) is 10.2. The third-order valence-corrected chi connectivity index (χ3v) is 16.7. The smallest absolute Gasteiger partial charge is 0.0896 e. The van der Waals surface area contributed by atoms with Crippen LogP contribution in [-0.2, 0) is 5.41 Å². The molecule has 1 aliphatic heterocycles. The first-order valence-corrected chi connectivity index (χ1v) is 19.5. The summed E-state index contributed by atoms with van der Waals surface area (Å²) in [6, 6.07) is 56.9. The van der Waals surface area contributed by atoms with E-state index in [-0.39, 0.29) is 5.41 Å². The van der Waals surface area contributed by atoms with Gasteiger partial charge in [-0.3, -0.25) is 0 Å². The van der Waals surface area contributed by atoms with Gasteiger partial charge in [0.05, 0.1) is 0 Å². The zero-order valence-electron chi connectivity index (χ0n) is 26.3. The summed E-state index contributed by atoms with van der Waals surface area (Å²) in [5.41, 5.74) is 10.7. The van der Waals surface area contributed by atoms with E-state index < -0.39 is 8.07 Å². The van der Waals surface area contributed by atoms with E-state index in [1.54, 1.807) is 0 Å². The maximum atomic E-state index is 2.56. The van der Waals surface area contributed by atoms with Crippen LogP contribution in [0.1, 0.15) is 25.0 Å². The molecule has 0 amide bonds. The van der Waals surface area contributed by atoms with Gasteiger partial charge in [-0.1, -0.05) is 172 Å². The Bertz CT molecular complexity index is 2320. The molecule has 7 aromatic rings. The van der Waals surface area contributed by atoms with Crippen LogP contribution in [0.25, 0.3) is 44.2 Å². The van der Waals surface area contributed by atoms with Gasteiger partial charge in [-0.15, -0.1) is 0 Å². The summed E-state index contributed by atoms with van der Waals surface area (Å²) in [4.78, 5) is 2.88. The van der Waals surface area contributed by atoms with Gasteiger partial charge in [0.25, 0.3) is 0 Å². The molecule has 46 heavy (non-hydrogen) atoms. The van der Waals surface area contributed by atoms with E-state index in [4.69, 9.17) is 0 Å². The predicted octanol–water partition coefficient (Wildman–Crippen LogP) is 10.0. The summed E-state index contributed by atoms with van der Waals surface area (Å²) in [7, 11) is -2.21. The summed E-state index contributed by atoms with van der Waals surface area (Å²) in [5.74, 6) is 0. The normalized spacial score (nSPS) is 17.2. The average molecular weight is 623 g/mol. The maximum Gasteiger partial charge on any atom is 0.148 e. The third kappa shape index (κ3) is 3.87. The molecule has 7 aromatic carbocycles. The average Bonchev–Trinajstić information content (AvgIpc) is 3.34. The van der Waals surface area contributed by atoms with Crippen LogP contribution in [0.4, 0.5) is 0 Å². The van der Waals surface area contributed by atoms with Crippen molar-refractivity contribution < 1.29 is 0 Å². The fourth-order valence-corrected chi connectivity index (χ4v) is 14.5. The van der Waals surface area contributed by atoms with Crippen molar-refractivity contribution in [2.24, 2.45) is 0 Å². The van der Waals surface area contributed by atoms with Crippen molar-refractivity contribution in [1.29, 1.82) is 0 Å². The van der Waals surface area contributed by atoms with Gasteiger partial charge in [-0.25, -0.2) is 0 Å². The first-order chi connectivity index (χ1) is 22.5. The van der Waals surface area contributed by atoms with Gasteiger partial charge < -0.3 is 0 Å². The number of hydrogen-bond donors (Lipinski definition) is 0. The Kier molecular flexibility index (Phi) is 6.12. The Morgan fingerprint density at radius 1 is 0.500 bits per heavy atom. The topological polar surface area (TPSA) is 0 Å². The predicted molar refractivity (Wildman–Crippen MR) is 200 cm³/mol. The molecule has 220 valence electrons. The van der Waals surface area contributed by atoms with Crippen molar-refractivity contribution in [2.45, 2.75) is 35.6 Å². The summed E-state index contributed by atoms with van der Waals surface area (Å²) in [6.07, 6.45) is 0. The summed E-state index contributed by atoms with van der Waals surface area (Å²) < 4.78 is 0. The second-order valence-corrected chi connectivity index (χ2v) is 18.4. The lowest BCUT2D eigenvalue weighted by molar-refractivity contribution is 0.660. The molecule has 0 N–H and O–H groups in total. The summed E-state index contributed by atoms with van der Waals surface area (Å²) >= 11 is 1.99. The molecule has 2 aliphatic rings. The molecule has 2 heteroatoms. The zero-order chi connectivity index (χ0) is 31.0. The first-order valence-electron chi connectivity index (χ1n) is 16.2. The largest absolute Gasteiger partial charge is 0.148 e. The zero-order valence-corrected chi connectivity index (χ0v) is 28.2. The van der Waals surface area contributed by atoms with Gasteiger partial charge in [0.15, 0.2) is 0 Å². The molecule has 0 nitrogen and oxygen atoms in total. The number of benzene rings is 7. The van der Waals surface area contributed by atoms with Crippen molar-refractivity contribution in [1.82, 2.24) is 0 Å². The van der Waals surface area contributed by atoms with Gasteiger partial charge >= 0.3 is 0 Å². The van der Waals surface area contributed by atoms with E-state index in [1.165, 1.54) is 80.6 Å². The van der Waals surface area contributed by atoms with E-state index in [0.29, 0.717) is 0 Å². The molecule has 9 rings (SSSR count). The van der Waals surface area contributed by atoms with Crippen LogP contribution in [0.3, 0.4) is 0 Å². The van der Waals surface area contributed by atoms with Gasteiger partial charge in [0.1, 0.15) is 8.07 Å². The van der Waals surface area contributed by atoms with Gasteiger partial charge in [-0.2, -0.15) is 0 Å². The first kappa shape index (κ1) is 27.7. The van der Waals surface area contributed by atoms with E-state index >= 15 is 0 Å². The standard InChI is InChI=1S/C44H34SSi/c1-44(2)37-26-27-41-43(45-39-20-12-13-21-40(39)46(41,3)31-16-8-5-9-17-31)42(37)36-23-22-30(28-38(36)44)33-25-24-32(29-14-6-4-7-15-29)34-18-10-11-19-35(33)34/h4-28H,1-3H3. The Balaban J connectivity index is 1.24. The van der Waals surface area contributed by atoms with E-state index in [9.17, 15) is 0 Å². The second-order valence-electron chi connectivity index (χ2n) is 13.4. The van der Waals surface area contributed by atoms with Crippen molar-refractivity contribution in [3.05, 3.63) is 163 Å². The van der Waals surface area contributed by atoms with Gasteiger partial charge in [0.2, 0.25) is 0 Å². The maximum absolute atomic E-state index is 2.56. The lowest BCUT2D eigenvalue weighted by atomic mass is 9.81. The quantitative estimate of drug-likeness (QED) is 0.177. The molecule has 0 saturated carbocycles. The number of fused-ring (bicyclic) bond motifs is 7. The highest BCUT2D eigenvalue weighted by Gasteiger charge is 2.45. The fourth-order valence-electron chi connectivity index (χ4n) is 8.19. The molecule has 1 aliphatic carbocycles. The van der Waals surface area contributed by atoms with E-state index in [2.05, 4.69) is 172 Å². The molecule has 0 saturated heterocycles. The van der Waals surface area contributed by atoms with Crippen LogP contribution >= 0.6 is 11.8 Å². The Morgan fingerprint density at radius 2 is 1.11 bits per heavy atom. The summed E-state index contributed by atoms with van der Waals surface area (Å²) in [5, 5.41) is 7.13. The minimum Gasteiger partial charge on any atom is -0.0896 e. The van der Waals surface area contributed by atoms with Crippen molar-refractivity contribution >= 4 is 46.2 Å². The SMILES string of the molecule is CC1(C)c2cc(-c3ccc(-c4ccccc4)c4ccccc34)ccc2-c2c1ccc1c2Sc2ccccc2[Si]1(C)c1ccccc1. The molecular weight excluding hydrogens is 589 g/mol. The highest BCUT2D eigenvalue weighted by molar-refractivity contribution is 8.00. The highest BCUT2D eigenvalue weighted by atomic mass is 32.2. The van der Waals surface area contributed by atoms with Crippen LogP contribution in [0.15, 0.2) is 161 Å². The highest BCUT2D eigenvalue weighted by Crippen LogP contribution is 2.54. The summed E-state index contributed by atoms with van der Waals surface area (Å²) in [6.45, 7) is 7.39. The minimum absolute atomic E-state index is 0.0995. The van der Waals surface area contributed by atoms with Crippen molar-refractivity contribution in [3.8, 4) is 33.4 Å². The van der Waals surface area contributed by atoms with Crippen LogP contribution in [0.2, 0.25) is 6.55 Å². The lowest BCUT2D eigenvalue weighted by Crippen LogP contribution is -2.67. The van der Waals surface area contributed by atoms with Crippen LogP contribution in [-0.4, -0.2) is 8.07 Å². The van der Waals surface area contributed by atoms with Crippen LogP contribution in [0.5, 0.6) is 0 Å². The monoisotopic (exact) mass is 622 g/mol. The van der Waals surface area contributed by atoms with E-state index in [1.807, 2.05) is 11.8 Å². The molecule has 0 fully saturated rings. The Labute approximate surface area is 276 Å². The Hall–Kier alpha value is -4.63. The van der Waals surface area contributed by atoms with E-state index in [0.717, 1.165) is 0 Å². The molecular formula is C44H34SSi. The van der Waals surface area contributed by atoms with Crippen molar-refractivity contribution in [2.75, 3.05) is 0 Å².